The Bertz CT molecular complexity index is 724. The van der Waals surface area contributed by atoms with E-state index in [9.17, 15) is 4.79 Å². The van der Waals surface area contributed by atoms with Crippen LogP contribution in [-0.4, -0.2) is 4.57 Å². The molecular weight excluding hydrogens is 284 g/mol. The van der Waals surface area contributed by atoms with Gasteiger partial charge in [0.1, 0.15) is 0 Å². The summed E-state index contributed by atoms with van der Waals surface area (Å²) in [5.41, 5.74) is 2.25. The van der Waals surface area contributed by atoms with Gasteiger partial charge in [-0.05, 0) is 29.7 Å². The molecule has 0 N–H and O–H groups in total. The number of hydrogen-bond acceptors (Lipinski definition) is 2. The number of nitrogens with zero attached hydrogens (tertiary/aromatic N) is 2. The third-order valence-corrected chi connectivity index (χ3v) is 3.46. The summed E-state index contributed by atoms with van der Waals surface area (Å²) >= 11 is 5.92. The number of nitriles is 1. The highest BCUT2D eigenvalue weighted by molar-refractivity contribution is 6.30. The summed E-state index contributed by atoms with van der Waals surface area (Å²) in [6.07, 6.45) is 0.137. The van der Waals surface area contributed by atoms with Gasteiger partial charge in [0.25, 0.3) is 5.56 Å². The van der Waals surface area contributed by atoms with Crippen LogP contribution in [0, 0.1) is 17.2 Å². The van der Waals surface area contributed by atoms with Gasteiger partial charge in [-0.1, -0.05) is 43.6 Å². The van der Waals surface area contributed by atoms with Crippen molar-refractivity contribution < 1.29 is 0 Å². The smallest absolute Gasteiger partial charge is 0.255 e. The second-order valence-corrected chi connectivity index (χ2v) is 5.83. The highest BCUT2D eigenvalue weighted by atomic mass is 35.5. The lowest BCUT2D eigenvalue weighted by Crippen LogP contribution is -2.26. The van der Waals surface area contributed by atoms with E-state index in [2.05, 4.69) is 13.8 Å². The SMILES string of the molecule is CC(C)Cn1c(-c2ccc(Cl)cc2)ccc(CC#N)c1=O. The van der Waals surface area contributed by atoms with Crippen LogP contribution in [0.4, 0.5) is 0 Å². The van der Waals surface area contributed by atoms with Gasteiger partial charge < -0.3 is 4.57 Å². The summed E-state index contributed by atoms with van der Waals surface area (Å²) in [7, 11) is 0. The van der Waals surface area contributed by atoms with Crippen LogP contribution in [0.1, 0.15) is 19.4 Å². The topological polar surface area (TPSA) is 45.8 Å². The highest BCUT2D eigenvalue weighted by Gasteiger charge is 2.11. The molecule has 0 saturated heterocycles. The molecule has 3 nitrogen and oxygen atoms in total. The predicted molar refractivity (Wildman–Crippen MR) is 85.3 cm³/mol. The largest absolute Gasteiger partial charge is 0.308 e. The first-order chi connectivity index (χ1) is 10.0. The Labute approximate surface area is 129 Å². The molecule has 0 aliphatic carbocycles. The van der Waals surface area contributed by atoms with Crippen molar-refractivity contribution in [2.24, 2.45) is 5.92 Å². The van der Waals surface area contributed by atoms with Gasteiger partial charge in [0, 0.05) is 17.1 Å². The van der Waals surface area contributed by atoms with E-state index in [-0.39, 0.29) is 12.0 Å². The Kier molecular flexibility index (Phi) is 4.82. The second-order valence-electron chi connectivity index (χ2n) is 5.40. The molecule has 108 valence electrons. The standard InChI is InChI=1S/C17H17ClN2O/c1-12(2)11-20-16(13-3-6-15(18)7-4-13)8-5-14(9-10-19)17(20)21/h3-8,12H,9,11H2,1-2H3. The van der Waals surface area contributed by atoms with Gasteiger partial charge in [-0.15, -0.1) is 0 Å². The lowest BCUT2D eigenvalue weighted by atomic mass is 10.1. The van der Waals surface area contributed by atoms with Crippen LogP contribution in [-0.2, 0) is 13.0 Å². The van der Waals surface area contributed by atoms with Crippen molar-refractivity contribution in [1.82, 2.24) is 4.57 Å². The number of halogens is 1. The third-order valence-electron chi connectivity index (χ3n) is 3.21. The van der Waals surface area contributed by atoms with Crippen molar-refractivity contribution >= 4 is 11.6 Å². The molecule has 4 heteroatoms. The molecule has 0 spiro atoms. The minimum Gasteiger partial charge on any atom is -0.308 e. The van der Waals surface area contributed by atoms with Crippen molar-refractivity contribution in [3.05, 3.63) is 57.3 Å². The molecule has 21 heavy (non-hydrogen) atoms. The van der Waals surface area contributed by atoms with Crippen LogP contribution in [0.15, 0.2) is 41.2 Å². The maximum atomic E-state index is 12.5. The molecule has 1 aromatic heterocycles. The Morgan fingerprint density at radius 1 is 1.19 bits per heavy atom. The number of hydrogen-bond donors (Lipinski definition) is 0. The lowest BCUT2D eigenvalue weighted by Gasteiger charge is -2.16. The summed E-state index contributed by atoms with van der Waals surface area (Å²) < 4.78 is 1.75. The van der Waals surface area contributed by atoms with Gasteiger partial charge >= 0.3 is 0 Å². The maximum absolute atomic E-state index is 12.5. The molecule has 0 unspecified atom stereocenters. The van der Waals surface area contributed by atoms with Gasteiger partial charge in [-0.3, -0.25) is 4.79 Å². The number of pyridine rings is 1. The first-order valence-corrected chi connectivity index (χ1v) is 7.26. The van der Waals surface area contributed by atoms with E-state index in [4.69, 9.17) is 16.9 Å². The molecule has 0 amide bonds. The van der Waals surface area contributed by atoms with Crippen molar-refractivity contribution in [3.63, 3.8) is 0 Å². The molecule has 0 aliphatic heterocycles. The summed E-state index contributed by atoms with van der Waals surface area (Å²) in [6.45, 7) is 4.75. The van der Waals surface area contributed by atoms with Crippen molar-refractivity contribution in [2.45, 2.75) is 26.8 Å². The fraction of sp³-hybridized carbons (Fsp3) is 0.294. The Morgan fingerprint density at radius 3 is 2.43 bits per heavy atom. The highest BCUT2D eigenvalue weighted by Crippen LogP contribution is 2.21. The number of aromatic nitrogens is 1. The minimum absolute atomic E-state index is 0.0855. The normalized spacial score (nSPS) is 10.6. The van der Waals surface area contributed by atoms with Gasteiger partial charge in [-0.25, -0.2) is 0 Å². The molecule has 2 aromatic rings. The zero-order valence-electron chi connectivity index (χ0n) is 12.1. The van der Waals surface area contributed by atoms with E-state index in [1.165, 1.54) is 0 Å². The number of benzene rings is 1. The average molecular weight is 301 g/mol. The maximum Gasteiger partial charge on any atom is 0.255 e. The molecule has 0 saturated carbocycles. The fourth-order valence-corrected chi connectivity index (χ4v) is 2.39. The molecule has 1 aromatic carbocycles. The summed E-state index contributed by atoms with van der Waals surface area (Å²) in [4.78, 5) is 12.5. The van der Waals surface area contributed by atoms with Crippen LogP contribution >= 0.6 is 11.6 Å². The Hall–Kier alpha value is -2.05. The van der Waals surface area contributed by atoms with Crippen molar-refractivity contribution in [2.75, 3.05) is 0 Å². The Morgan fingerprint density at radius 2 is 1.86 bits per heavy atom. The van der Waals surface area contributed by atoms with Crippen LogP contribution < -0.4 is 5.56 Å². The van der Waals surface area contributed by atoms with E-state index in [0.29, 0.717) is 23.0 Å². The molecule has 0 radical (unpaired) electrons. The molecule has 2 rings (SSSR count). The monoisotopic (exact) mass is 300 g/mol. The molecule has 1 heterocycles. The van der Waals surface area contributed by atoms with Crippen LogP contribution in [0.25, 0.3) is 11.3 Å². The van der Waals surface area contributed by atoms with Gasteiger partial charge in [-0.2, -0.15) is 5.26 Å². The first kappa shape index (κ1) is 15.3. The van der Waals surface area contributed by atoms with E-state index in [1.807, 2.05) is 36.4 Å². The van der Waals surface area contributed by atoms with E-state index in [1.54, 1.807) is 10.6 Å². The fourth-order valence-electron chi connectivity index (χ4n) is 2.26. The minimum atomic E-state index is -0.0855. The van der Waals surface area contributed by atoms with Crippen LogP contribution in [0.2, 0.25) is 5.02 Å². The van der Waals surface area contributed by atoms with Crippen molar-refractivity contribution in [3.8, 4) is 17.3 Å². The molecular formula is C17H17ClN2O. The average Bonchev–Trinajstić information content (AvgIpc) is 2.44. The van der Waals surface area contributed by atoms with E-state index in [0.717, 1.165) is 11.3 Å². The molecule has 0 aliphatic rings. The second kappa shape index (κ2) is 6.60. The zero-order chi connectivity index (χ0) is 15.4. The van der Waals surface area contributed by atoms with Crippen LogP contribution in [0.3, 0.4) is 0 Å². The van der Waals surface area contributed by atoms with Gasteiger partial charge in [0.2, 0.25) is 0 Å². The summed E-state index contributed by atoms with van der Waals surface area (Å²) in [5.74, 6) is 0.339. The quantitative estimate of drug-likeness (QED) is 0.860. The zero-order valence-corrected chi connectivity index (χ0v) is 12.9. The molecule has 0 fully saturated rings. The summed E-state index contributed by atoms with van der Waals surface area (Å²) in [5, 5.41) is 9.49. The van der Waals surface area contributed by atoms with E-state index < -0.39 is 0 Å². The van der Waals surface area contributed by atoms with E-state index >= 15 is 0 Å². The van der Waals surface area contributed by atoms with Crippen LogP contribution in [0.5, 0.6) is 0 Å². The molecule has 0 atom stereocenters. The van der Waals surface area contributed by atoms with Crippen molar-refractivity contribution in [1.29, 1.82) is 5.26 Å². The summed E-state index contributed by atoms with van der Waals surface area (Å²) in [6, 6.07) is 13.1. The third kappa shape index (κ3) is 3.53. The Balaban J connectivity index is 2.60. The number of rotatable bonds is 4. The molecule has 0 bridgehead atoms. The first-order valence-electron chi connectivity index (χ1n) is 6.88. The predicted octanol–water partition coefficient (Wildman–Crippen LogP) is 3.89. The lowest BCUT2D eigenvalue weighted by molar-refractivity contribution is 0.513. The van der Waals surface area contributed by atoms with Gasteiger partial charge in [0.05, 0.1) is 18.2 Å². The van der Waals surface area contributed by atoms with Gasteiger partial charge in [0.15, 0.2) is 0 Å².